The number of hydrogen-bond acceptors (Lipinski definition) is 3. The molecule has 106 valence electrons. The van der Waals surface area contributed by atoms with Gasteiger partial charge < -0.3 is 10.5 Å². The fourth-order valence-electron chi connectivity index (χ4n) is 3.79. The molecule has 0 radical (unpaired) electrons. The Kier molecular flexibility index (Phi) is 5.05. The molecule has 0 bridgehead atoms. The van der Waals surface area contributed by atoms with E-state index in [1.54, 1.807) is 0 Å². The third-order valence-corrected chi connectivity index (χ3v) is 5.13. The van der Waals surface area contributed by atoms with E-state index in [4.69, 9.17) is 10.5 Å². The van der Waals surface area contributed by atoms with E-state index in [9.17, 15) is 0 Å². The fourth-order valence-corrected chi connectivity index (χ4v) is 3.79. The maximum atomic E-state index is 6.22. The quantitative estimate of drug-likeness (QED) is 0.786. The summed E-state index contributed by atoms with van der Waals surface area (Å²) < 4.78 is 5.65. The van der Waals surface area contributed by atoms with Crippen molar-refractivity contribution in [2.45, 2.75) is 64.0 Å². The lowest BCUT2D eigenvalue weighted by Gasteiger charge is -2.49. The number of ether oxygens (including phenoxy) is 1. The Bertz CT molecular complexity index is 259. The highest BCUT2D eigenvalue weighted by molar-refractivity contribution is 4.97. The molecule has 2 N–H and O–H groups in total. The van der Waals surface area contributed by atoms with Gasteiger partial charge in [-0.2, -0.15) is 0 Å². The molecule has 1 aliphatic carbocycles. The van der Waals surface area contributed by atoms with E-state index in [-0.39, 0.29) is 5.54 Å². The van der Waals surface area contributed by atoms with Crippen molar-refractivity contribution >= 4 is 0 Å². The topological polar surface area (TPSA) is 38.5 Å². The highest BCUT2D eigenvalue weighted by Gasteiger charge is 2.40. The molecule has 0 aromatic heterocycles. The fraction of sp³-hybridized carbons (Fsp3) is 1.00. The minimum atomic E-state index is 0.259. The normalized spacial score (nSPS) is 39.5. The number of hydrogen-bond donors (Lipinski definition) is 1. The van der Waals surface area contributed by atoms with Gasteiger partial charge in [-0.25, -0.2) is 0 Å². The average molecular weight is 254 g/mol. The zero-order valence-electron chi connectivity index (χ0n) is 12.2. The smallest absolute Gasteiger partial charge is 0.0622 e. The molecule has 0 aromatic rings. The number of rotatable bonds is 3. The maximum absolute atomic E-state index is 6.22. The van der Waals surface area contributed by atoms with Crippen molar-refractivity contribution in [3.05, 3.63) is 0 Å². The Hall–Kier alpha value is -0.120. The molecule has 0 aromatic carbocycles. The Morgan fingerprint density at radius 1 is 1.33 bits per heavy atom. The molecule has 1 saturated heterocycles. The molecule has 1 aliphatic heterocycles. The summed E-state index contributed by atoms with van der Waals surface area (Å²) in [6.07, 6.45) is 7.79. The van der Waals surface area contributed by atoms with Crippen LogP contribution < -0.4 is 5.73 Å². The third-order valence-electron chi connectivity index (χ3n) is 5.13. The molecule has 2 aliphatic rings. The highest BCUT2D eigenvalue weighted by Crippen LogP contribution is 2.36. The van der Waals surface area contributed by atoms with Gasteiger partial charge in [-0.05, 0) is 31.6 Å². The molecule has 3 atom stereocenters. The van der Waals surface area contributed by atoms with Gasteiger partial charge in [0.25, 0.3) is 0 Å². The summed E-state index contributed by atoms with van der Waals surface area (Å²) in [4.78, 5) is 2.70. The lowest BCUT2D eigenvalue weighted by Crippen LogP contribution is -2.61. The van der Waals surface area contributed by atoms with E-state index in [0.29, 0.717) is 6.04 Å². The molecular formula is C15H30N2O. The Balaban J connectivity index is 2.13. The van der Waals surface area contributed by atoms with Crippen LogP contribution in [0.2, 0.25) is 0 Å². The SMILES string of the molecule is CCC1COCCN1C1(CN)CCCC(C)CC1. The van der Waals surface area contributed by atoms with Crippen LogP contribution in [0.3, 0.4) is 0 Å². The summed E-state index contributed by atoms with van der Waals surface area (Å²) in [5, 5.41) is 0. The minimum Gasteiger partial charge on any atom is -0.378 e. The summed E-state index contributed by atoms with van der Waals surface area (Å²) >= 11 is 0. The second-order valence-corrected chi connectivity index (χ2v) is 6.29. The first kappa shape index (κ1) is 14.3. The van der Waals surface area contributed by atoms with Crippen molar-refractivity contribution in [1.82, 2.24) is 4.90 Å². The first-order valence-corrected chi connectivity index (χ1v) is 7.76. The lowest BCUT2D eigenvalue weighted by molar-refractivity contribution is -0.0692. The maximum Gasteiger partial charge on any atom is 0.0622 e. The highest BCUT2D eigenvalue weighted by atomic mass is 16.5. The van der Waals surface area contributed by atoms with Crippen LogP contribution in [0.5, 0.6) is 0 Å². The molecule has 0 amide bonds. The Labute approximate surface area is 112 Å². The molecular weight excluding hydrogens is 224 g/mol. The van der Waals surface area contributed by atoms with Crippen LogP contribution in [0, 0.1) is 5.92 Å². The number of morpholine rings is 1. The molecule has 3 nitrogen and oxygen atoms in total. The zero-order chi connectivity index (χ0) is 13.0. The van der Waals surface area contributed by atoms with E-state index in [1.807, 2.05) is 0 Å². The van der Waals surface area contributed by atoms with Crippen molar-refractivity contribution < 1.29 is 4.74 Å². The van der Waals surface area contributed by atoms with Crippen LogP contribution in [0.1, 0.15) is 52.4 Å². The average Bonchev–Trinajstić information content (AvgIpc) is 2.61. The second kappa shape index (κ2) is 6.36. The molecule has 2 rings (SSSR count). The van der Waals surface area contributed by atoms with Gasteiger partial charge in [-0.1, -0.05) is 26.7 Å². The van der Waals surface area contributed by atoms with Gasteiger partial charge in [0, 0.05) is 24.7 Å². The van der Waals surface area contributed by atoms with Gasteiger partial charge in [0.2, 0.25) is 0 Å². The van der Waals surface area contributed by atoms with Crippen molar-refractivity contribution in [3.8, 4) is 0 Å². The third kappa shape index (κ3) is 2.89. The summed E-state index contributed by atoms with van der Waals surface area (Å²) in [5.74, 6) is 0.875. The minimum absolute atomic E-state index is 0.259. The summed E-state index contributed by atoms with van der Waals surface area (Å²) in [7, 11) is 0. The standard InChI is InChI=1S/C15H30N2O/c1-3-14-11-18-10-9-17(14)15(12-16)7-4-5-13(2)6-8-15/h13-14H,3-12,16H2,1-2H3. The van der Waals surface area contributed by atoms with Crippen molar-refractivity contribution in [2.24, 2.45) is 11.7 Å². The molecule has 2 fully saturated rings. The van der Waals surface area contributed by atoms with Gasteiger partial charge in [-0.3, -0.25) is 4.90 Å². The van der Waals surface area contributed by atoms with Gasteiger partial charge in [0.05, 0.1) is 13.2 Å². The Morgan fingerprint density at radius 3 is 2.89 bits per heavy atom. The zero-order valence-corrected chi connectivity index (χ0v) is 12.2. The van der Waals surface area contributed by atoms with Crippen LogP contribution in [0.15, 0.2) is 0 Å². The van der Waals surface area contributed by atoms with Crippen LogP contribution >= 0.6 is 0 Å². The van der Waals surface area contributed by atoms with E-state index < -0.39 is 0 Å². The first-order chi connectivity index (χ1) is 8.72. The van der Waals surface area contributed by atoms with Crippen molar-refractivity contribution in [3.63, 3.8) is 0 Å². The predicted molar refractivity (Wildman–Crippen MR) is 75.6 cm³/mol. The van der Waals surface area contributed by atoms with E-state index in [2.05, 4.69) is 18.7 Å². The number of nitrogens with zero attached hydrogens (tertiary/aromatic N) is 1. The number of nitrogens with two attached hydrogens (primary N) is 1. The Morgan fingerprint density at radius 2 is 2.17 bits per heavy atom. The van der Waals surface area contributed by atoms with E-state index >= 15 is 0 Å². The largest absolute Gasteiger partial charge is 0.378 e. The van der Waals surface area contributed by atoms with Crippen LogP contribution in [0.4, 0.5) is 0 Å². The lowest BCUT2D eigenvalue weighted by atomic mass is 9.85. The van der Waals surface area contributed by atoms with Crippen LogP contribution in [0.25, 0.3) is 0 Å². The molecule has 3 heteroatoms. The van der Waals surface area contributed by atoms with Gasteiger partial charge >= 0.3 is 0 Å². The first-order valence-electron chi connectivity index (χ1n) is 7.76. The van der Waals surface area contributed by atoms with Crippen LogP contribution in [-0.4, -0.2) is 42.8 Å². The molecule has 3 unspecified atom stereocenters. The van der Waals surface area contributed by atoms with Crippen LogP contribution in [-0.2, 0) is 4.74 Å². The predicted octanol–water partition coefficient (Wildman–Crippen LogP) is 2.39. The molecule has 1 heterocycles. The summed E-state index contributed by atoms with van der Waals surface area (Å²) in [6.45, 7) is 8.33. The van der Waals surface area contributed by atoms with Gasteiger partial charge in [0.1, 0.15) is 0 Å². The van der Waals surface area contributed by atoms with Gasteiger partial charge in [-0.15, -0.1) is 0 Å². The monoisotopic (exact) mass is 254 g/mol. The summed E-state index contributed by atoms with van der Waals surface area (Å²) in [5.41, 5.74) is 6.48. The summed E-state index contributed by atoms with van der Waals surface area (Å²) in [6, 6.07) is 0.579. The van der Waals surface area contributed by atoms with E-state index in [0.717, 1.165) is 32.2 Å². The second-order valence-electron chi connectivity index (χ2n) is 6.29. The molecule has 0 spiro atoms. The van der Waals surface area contributed by atoms with E-state index in [1.165, 1.54) is 38.5 Å². The van der Waals surface area contributed by atoms with Crippen molar-refractivity contribution in [1.29, 1.82) is 0 Å². The molecule has 18 heavy (non-hydrogen) atoms. The molecule has 1 saturated carbocycles. The van der Waals surface area contributed by atoms with Crippen molar-refractivity contribution in [2.75, 3.05) is 26.3 Å². The van der Waals surface area contributed by atoms with Gasteiger partial charge in [0.15, 0.2) is 0 Å².